The second kappa shape index (κ2) is 10.8. The van der Waals surface area contributed by atoms with Crippen LogP contribution >= 0.6 is 23.2 Å². The molecule has 0 aliphatic carbocycles. The number of hydrogen-bond donors (Lipinski definition) is 3. The van der Waals surface area contributed by atoms with Crippen LogP contribution in [0.2, 0.25) is 10.0 Å². The molecule has 3 aromatic carbocycles. The largest absolute Gasteiger partial charge is 0.494 e. The molecule has 0 saturated carbocycles. The Morgan fingerprint density at radius 1 is 0.941 bits per heavy atom. The molecule has 0 fully saturated rings. The minimum absolute atomic E-state index is 0.0271. The second-order valence-corrected chi connectivity index (χ2v) is 8.47. The van der Waals surface area contributed by atoms with E-state index in [0.717, 1.165) is 0 Å². The number of nitrogens with one attached hydrogen (secondary N) is 2. The van der Waals surface area contributed by atoms with Crippen LogP contribution in [-0.4, -0.2) is 37.9 Å². The van der Waals surface area contributed by atoms with Gasteiger partial charge in [-0.15, -0.1) is 0 Å². The summed E-state index contributed by atoms with van der Waals surface area (Å²) < 4.78 is 20.1. The van der Waals surface area contributed by atoms with E-state index in [9.17, 15) is 14.0 Å². The first-order valence-corrected chi connectivity index (χ1v) is 10.8. The lowest BCUT2D eigenvalue weighted by atomic mass is 10.1. The third kappa shape index (κ3) is 5.84. The summed E-state index contributed by atoms with van der Waals surface area (Å²) in [6, 6.07) is 13.4. The fourth-order valence-corrected chi connectivity index (χ4v) is 3.50. The normalized spacial score (nSPS) is 11.8. The highest BCUT2D eigenvalue weighted by molar-refractivity contribution is 6.32. The van der Waals surface area contributed by atoms with Gasteiger partial charge >= 0.3 is 0 Å². The van der Waals surface area contributed by atoms with Crippen molar-refractivity contribution in [1.29, 1.82) is 0 Å². The van der Waals surface area contributed by atoms with Crippen LogP contribution in [0.15, 0.2) is 54.6 Å². The molecule has 1 atom stereocenters. The molecule has 0 radical (unpaired) electrons. The Hall–Kier alpha value is -3.17. The average Bonchev–Trinajstić information content (AvgIpc) is 2.80. The molecule has 3 aromatic rings. The van der Waals surface area contributed by atoms with Gasteiger partial charge in [0.25, 0.3) is 11.8 Å². The molecule has 0 heterocycles. The number of halogens is 3. The fourth-order valence-electron chi connectivity index (χ4n) is 3.16. The Labute approximate surface area is 206 Å². The number of amides is 2. The van der Waals surface area contributed by atoms with E-state index in [-0.39, 0.29) is 27.6 Å². The van der Waals surface area contributed by atoms with Gasteiger partial charge in [-0.1, -0.05) is 29.3 Å². The summed E-state index contributed by atoms with van der Waals surface area (Å²) in [7, 11) is 4.87. The van der Waals surface area contributed by atoms with Gasteiger partial charge in [0.1, 0.15) is 11.6 Å². The Morgan fingerprint density at radius 3 is 2.18 bits per heavy atom. The summed E-state index contributed by atoms with van der Waals surface area (Å²) in [5, 5.41) is 6.00. The number of hydrogen-bond acceptors (Lipinski definition) is 5. The minimum atomic E-state index is -0.774. The van der Waals surface area contributed by atoms with Gasteiger partial charge in [0, 0.05) is 21.8 Å². The van der Waals surface area contributed by atoms with Crippen molar-refractivity contribution < 1.29 is 18.7 Å². The molecule has 3 rings (SSSR count). The molecule has 0 aromatic heterocycles. The van der Waals surface area contributed by atoms with E-state index < -0.39 is 23.8 Å². The van der Waals surface area contributed by atoms with Crippen LogP contribution in [-0.2, 0) is 0 Å². The topological polar surface area (TPSA) is 96.7 Å². The van der Waals surface area contributed by atoms with E-state index in [2.05, 4.69) is 10.6 Å². The molecule has 34 heavy (non-hydrogen) atoms. The van der Waals surface area contributed by atoms with Gasteiger partial charge in [0.2, 0.25) is 0 Å². The lowest BCUT2D eigenvalue weighted by molar-refractivity contribution is 0.102. The van der Waals surface area contributed by atoms with Gasteiger partial charge in [0.05, 0.1) is 30.1 Å². The summed E-state index contributed by atoms with van der Waals surface area (Å²) >= 11 is 12.0. The van der Waals surface area contributed by atoms with E-state index in [1.807, 2.05) is 0 Å². The number of anilines is 2. The smallest absolute Gasteiger partial charge is 0.258 e. The summed E-state index contributed by atoms with van der Waals surface area (Å²) in [6.45, 7) is 0. The highest BCUT2D eigenvalue weighted by Crippen LogP contribution is 2.34. The highest BCUT2D eigenvalue weighted by Gasteiger charge is 2.22. The van der Waals surface area contributed by atoms with Crippen LogP contribution < -0.4 is 21.1 Å². The molecule has 4 N–H and O–H groups in total. The summed E-state index contributed by atoms with van der Waals surface area (Å²) in [6.07, 6.45) is -0.536. The molecular formula is C24H23Cl2FN4O3. The molecule has 0 aliphatic rings. The maximum atomic E-state index is 14.8. The fraction of sp³-hybridized carbons (Fsp3) is 0.167. The summed E-state index contributed by atoms with van der Waals surface area (Å²) in [5.41, 5.74) is 6.83. The SMILES string of the molecule is COc1cc(Cl)cc(C(=O)Nc2ccc(Cl)cc2)c1NC(=O)c1ccc(C(N)N(C)C)cc1F. The number of nitrogens with zero attached hydrogens (tertiary/aromatic N) is 1. The molecule has 1 unspecified atom stereocenters. The van der Waals surface area contributed by atoms with Gasteiger partial charge in [-0.25, -0.2) is 4.39 Å². The number of ether oxygens (including phenoxy) is 1. The maximum absolute atomic E-state index is 14.8. The van der Waals surface area contributed by atoms with Crippen LogP contribution in [0.3, 0.4) is 0 Å². The zero-order chi connectivity index (χ0) is 25.0. The van der Waals surface area contributed by atoms with Gasteiger partial charge in [-0.3, -0.25) is 14.5 Å². The first kappa shape index (κ1) is 25.5. The van der Waals surface area contributed by atoms with E-state index >= 15 is 0 Å². The van der Waals surface area contributed by atoms with Gasteiger partial charge in [-0.2, -0.15) is 0 Å². The van der Waals surface area contributed by atoms with Crippen molar-refractivity contribution in [3.05, 3.63) is 87.2 Å². The van der Waals surface area contributed by atoms with E-state index in [1.165, 1.54) is 31.4 Å². The first-order chi connectivity index (χ1) is 16.1. The summed E-state index contributed by atoms with van der Waals surface area (Å²) in [5.74, 6) is -1.96. The number of methoxy groups -OCH3 is 1. The molecule has 7 nitrogen and oxygen atoms in total. The number of carbonyl (C=O) groups excluding carboxylic acids is 2. The van der Waals surface area contributed by atoms with Crippen molar-refractivity contribution in [2.75, 3.05) is 31.8 Å². The highest BCUT2D eigenvalue weighted by atomic mass is 35.5. The lowest BCUT2D eigenvalue weighted by Crippen LogP contribution is -2.27. The third-order valence-corrected chi connectivity index (χ3v) is 5.48. The van der Waals surface area contributed by atoms with Crippen molar-refractivity contribution in [2.24, 2.45) is 5.73 Å². The van der Waals surface area contributed by atoms with Gasteiger partial charge in [-0.05, 0) is 62.1 Å². The molecule has 0 aliphatic heterocycles. The lowest BCUT2D eigenvalue weighted by Gasteiger charge is -2.20. The molecule has 2 amide bonds. The van der Waals surface area contributed by atoms with Crippen molar-refractivity contribution >= 4 is 46.4 Å². The van der Waals surface area contributed by atoms with Crippen LogP contribution in [0.5, 0.6) is 5.75 Å². The Kier molecular flexibility index (Phi) is 8.11. The predicted molar refractivity (Wildman–Crippen MR) is 132 cm³/mol. The molecule has 0 saturated heterocycles. The van der Waals surface area contributed by atoms with Crippen molar-refractivity contribution in [3.8, 4) is 5.75 Å². The Bertz CT molecular complexity index is 1220. The zero-order valence-corrected chi connectivity index (χ0v) is 20.2. The second-order valence-electron chi connectivity index (χ2n) is 7.59. The number of benzene rings is 3. The molecule has 0 spiro atoms. The number of nitrogens with two attached hydrogens (primary N) is 1. The van der Waals surface area contributed by atoms with Crippen LogP contribution in [0.1, 0.15) is 32.4 Å². The molecular weight excluding hydrogens is 482 g/mol. The monoisotopic (exact) mass is 504 g/mol. The maximum Gasteiger partial charge on any atom is 0.258 e. The average molecular weight is 505 g/mol. The molecule has 10 heteroatoms. The predicted octanol–water partition coefficient (Wildman–Crippen LogP) is 5.16. The first-order valence-electron chi connectivity index (χ1n) is 10.1. The van der Waals surface area contributed by atoms with Gasteiger partial charge < -0.3 is 21.1 Å². The van der Waals surface area contributed by atoms with Crippen molar-refractivity contribution in [3.63, 3.8) is 0 Å². The van der Waals surface area contributed by atoms with E-state index in [1.54, 1.807) is 49.3 Å². The van der Waals surface area contributed by atoms with Crippen LogP contribution in [0.4, 0.5) is 15.8 Å². The quantitative estimate of drug-likeness (QED) is 0.386. The zero-order valence-electron chi connectivity index (χ0n) is 18.7. The van der Waals surface area contributed by atoms with E-state index in [0.29, 0.717) is 16.3 Å². The van der Waals surface area contributed by atoms with Crippen molar-refractivity contribution in [1.82, 2.24) is 4.90 Å². The Balaban J connectivity index is 1.93. The minimum Gasteiger partial charge on any atom is -0.494 e. The number of rotatable bonds is 7. The third-order valence-electron chi connectivity index (χ3n) is 5.01. The van der Waals surface area contributed by atoms with Crippen molar-refractivity contribution in [2.45, 2.75) is 6.17 Å². The van der Waals surface area contributed by atoms with Gasteiger partial charge in [0.15, 0.2) is 0 Å². The van der Waals surface area contributed by atoms with E-state index in [4.69, 9.17) is 33.7 Å². The molecule has 178 valence electrons. The van der Waals surface area contributed by atoms with Crippen LogP contribution in [0, 0.1) is 5.82 Å². The molecule has 0 bridgehead atoms. The van der Waals surface area contributed by atoms with Crippen LogP contribution in [0.25, 0.3) is 0 Å². The standard InChI is InChI=1S/C24H23Cl2FN4O3/c1-31(2)22(28)13-4-9-17(19(27)10-13)23(32)30-21-18(11-15(26)12-20(21)34-3)24(33)29-16-7-5-14(25)6-8-16/h4-12,22H,28H2,1-3H3,(H,29,33)(H,30,32). The summed E-state index contributed by atoms with van der Waals surface area (Å²) in [4.78, 5) is 27.7. The number of carbonyl (C=O) groups is 2. The Morgan fingerprint density at radius 2 is 1.59 bits per heavy atom.